The molecular weight excluding hydrogens is 751 g/mol. The van der Waals surface area contributed by atoms with Crippen LogP contribution in [0.25, 0.3) is 32.3 Å². The smallest absolute Gasteiger partial charge is 0.398 e. The number of hydrogen-bond acceptors (Lipinski definition) is 14. The third-order valence-corrected chi connectivity index (χ3v) is 9.79. The molecule has 17 nitrogen and oxygen atoms in total. The van der Waals surface area contributed by atoms with Gasteiger partial charge in [-0.2, -0.15) is 30.4 Å². The van der Waals surface area contributed by atoms with E-state index in [1.54, 1.807) is 24.3 Å². The Hall–Kier alpha value is -5.55. The highest BCUT2D eigenvalue weighted by atomic mass is 32.2. The van der Waals surface area contributed by atoms with Gasteiger partial charge in [-0.05, 0) is 72.1 Å². The minimum Gasteiger partial charge on any atom is -0.398 e. The highest BCUT2D eigenvalue weighted by Gasteiger charge is 2.17. The maximum Gasteiger partial charge on any atom is 0.425 e. The van der Waals surface area contributed by atoms with Gasteiger partial charge in [0.25, 0.3) is 30.4 Å². The van der Waals surface area contributed by atoms with Crippen molar-refractivity contribution in [1.29, 1.82) is 0 Å². The molecule has 51 heavy (non-hydrogen) atoms. The lowest BCUT2D eigenvalue weighted by molar-refractivity contribution is 0.481. The van der Waals surface area contributed by atoms with Crippen LogP contribution in [0.4, 0.5) is 28.4 Å². The van der Waals surface area contributed by atoms with E-state index < -0.39 is 45.9 Å². The molecule has 6 rings (SSSR count). The molecule has 6 aromatic rings. The molecule has 5 N–H and O–H groups in total. The van der Waals surface area contributed by atoms with Crippen LogP contribution in [0.5, 0.6) is 0 Å². The molecule has 0 amide bonds. The number of hydrogen-bond donors (Lipinski definition) is 4. The minimum absolute atomic E-state index is 0.174. The highest BCUT2D eigenvalue weighted by Crippen LogP contribution is 2.39. The summed E-state index contributed by atoms with van der Waals surface area (Å²) in [5, 5.41) is 19.2. The van der Waals surface area contributed by atoms with Gasteiger partial charge in [-0.1, -0.05) is 30.3 Å². The zero-order valence-electron chi connectivity index (χ0n) is 25.3. The van der Waals surface area contributed by atoms with Crippen LogP contribution >= 0.6 is 0 Å². The molecule has 0 bridgehead atoms. The van der Waals surface area contributed by atoms with Crippen molar-refractivity contribution in [1.82, 2.24) is 0 Å². The summed E-state index contributed by atoms with van der Waals surface area (Å²) in [7, 11) is -16.7. The van der Waals surface area contributed by atoms with Gasteiger partial charge in [0.1, 0.15) is 4.90 Å². The van der Waals surface area contributed by atoms with Crippen molar-refractivity contribution in [3.63, 3.8) is 0 Å². The van der Waals surface area contributed by atoms with Gasteiger partial charge in [-0.15, -0.1) is 28.0 Å². The lowest BCUT2D eigenvalue weighted by Gasteiger charge is -2.08. The maximum absolute atomic E-state index is 12.0. The van der Waals surface area contributed by atoms with Gasteiger partial charge in [0.05, 0.1) is 32.5 Å². The highest BCUT2D eigenvalue weighted by molar-refractivity contribution is 7.86. The molecule has 0 spiro atoms. The normalized spacial score (nSPS) is 12.5. The van der Waals surface area contributed by atoms with Crippen LogP contribution in [0.15, 0.2) is 132 Å². The van der Waals surface area contributed by atoms with Crippen LogP contribution in [0, 0.1) is 0 Å². The molecule has 0 heterocycles. The monoisotopic (exact) mass is 771 g/mol. The van der Waals surface area contributed by atoms with Crippen LogP contribution in [0.3, 0.4) is 0 Å². The Kier molecular flexibility index (Phi) is 10.1. The lowest BCUT2D eigenvalue weighted by atomic mass is 10.1. The molecule has 6 aromatic carbocycles. The molecule has 0 saturated heterocycles. The standard InChI is InChI=1S/C30H21N5O9S3.O3S/c31-26-10-11-27(21-8-6-19(15-24(21)26)45(36,37)38)34-35-29-13-12-28(22-9-7-20(16-25(22)29)46(39,40)41)33-32-18-5-4-17-2-1-3-30(23(17)14-18)47(42,43)44;1-4(2)3/h1-16H,31H2,(H,36,37,38)(H,39,40,41)(H,42,43,44);. The van der Waals surface area contributed by atoms with E-state index in [4.69, 9.17) is 18.4 Å². The SMILES string of the molecule is Nc1ccc(N=Nc2ccc(N=Nc3ccc4cccc(S(=O)(=O)O)c4c3)c3ccc(S(=O)(=O)O)cc23)c2ccc(S(=O)(=O)O)cc12.O=S(=O)=O. The molecule has 0 saturated carbocycles. The fraction of sp³-hybridized carbons (Fsp3) is 0. The number of anilines is 1. The molecule has 0 unspecified atom stereocenters. The van der Waals surface area contributed by atoms with E-state index in [2.05, 4.69) is 20.5 Å². The zero-order valence-corrected chi connectivity index (χ0v) is 28.5. The second-order valence-corrected chi connectivity index (χ2v) is 15.0. The lowest BCUT2D eigenvalue weighted by Crippen LogP contribution is -1.98. The van der Waals surface area contributed by atoms with Gasteiger partial charge in [0.2, 0.25) is 0 Å². The van der Waals surface area contributed by atoms with Crippen molar-refractivity contribution >= 4 is 102 Å². The van der Waals surface area contributed by atoms with Gasteiger partial charge >= 0.3 is 10.6 Å². The number of nitrogens with zero attached hydrogens (tertiary/aromatic N) is 4. The van der Waals surface area contributed by atoms with E-state index in [1.807, 2.05) is 0 Å². The predicted octanol–water partition coefficient (Wildman–Crippen LogP) is 6.30. The fourth-order valence-corrected chi connectivity index (χ4v) is 6.67. The first kappa shape index (κ1) is 36.7. The van der Waals surface area contributed by atoms with Gasteiger partial charge in [-0.25, -0.2) is 0 Å². The first-order valence-electron chi connectivity index (χ1n) is 13.8. The summed E-state index contributed by atoms with van der Waals surface area (Å²) < 4.78 is 125. The minimum atomic E-state index is -4.61. The van der Waals surface area contributed by atoms with Crippen LogP contribution in [-0.4, -0.2) is 51.5 Å². The van der Waals surface area contributed by atoms with Crippen molar-refractivity contribution in [2.24, 2.45) is 20.5 Å². The Bertz CT molecular complexity index is 2910. The average molecular weight is 772 g/mol. The topological polar surface area (TPSA) is 290 Å². The van der Waals surface area contributed by atoms with Crippen LogP contribution in [0.2, 0.25) is 0 Å². The third kappa shape index (κ3) is 8.43. The molecule has 0 aromatic heterocycles. The van der Waals surface area contributed by atoms with Gasteiger partial charge < -0.3 is 5.73 Å². The summed E-state index contributed by atoms with van der Waals surface area (Å²) in [4.78, 5) is -1.07. The first-order chi connectivity index (χ1) is 23.8. The Labute approximate surface area is 290 Å². The number of nitrogen functional groups attached to an aromatic ring is 1. The second kappa shape index (κ2) is 14.0. The zero-order chi connectivity index (χ0) is 37.3. The predicted molar refractivity (Wildman–Crippen MR) is 184 cm³/mol. The molecule has 0 fully saturated rings. The molecular formula is C30H21N5O12S4. The first-order valence-corrected chi connectivity index (χ1v) is 19.1. The molecule has 0 atom stereocenters. The summed E-state index contributed by atoms with van der Waals surface area (Å²) in [6, 6.07) is 22.7. The second-order valence-electron chi connectivity index (χ2n) is 10.4. The maximum atomic E-state index is 12.0. The third-order valence-electron chi connectivity index (χ3n) is 7.18. The van der Waals surface area contributed by atoms with Gasteiger partial charge in [-0.3, -0.25) is 13.7 Å². The van der Waals surface area contributed by atoms with Crippen LogP contribution in [-0.2, 0) is 41.0 Å². The van der Waals surface area contributed by atoms with Crippen molar-refractivity contribution < 1.29 is 51.5 Å². The van der Waals surface area contributed by atoms with Crippen molar-refractivity contribution in [2.45, 2.75) is 14.7 Å². The Balaban J connectivity index is 0.00000120. The van der Waals surface area contributed by atoms with E-state index in [1.165, 1.54) is 72.8 Å². The van der Waals surface area contributed by atoms with Crippen molar-refractivity contribution in [3.05, 3.63) is 97.1 Å². The van der Waals surface area contributed by atoms with Crippen LogP contribution < -0.4 is 5.73 Å². The molecule has 21 heteroatoms. The number of rotatable bonds is 7. The van der Waals surface area contributed by atoms with Crippen molar-refractivity contribution in [3.8, 4) is 0 Å². The average Bonchev–Trinajstić information content (AvgIpc) is 3.05. The summed E-state index contributed by atoms with van der Waals surface area (Å²) >= 11 is 0. The fourth-order valence-electron chi connectivity index (χ4n) is 4.95. The summed E-state index contributed by atoms with van der Waals surface area (Å²) in [5.74, 6) is 0. The Morgan fingerprint density at radius 3 is 1.53 bits per heavy atom. The van der Waals surface area contributed by atoms with Gasteiger partial charge in [0, 0.05) is 32.6 Å². The van der Waals surface area contributed by atoms with E-state index in [0.29, 0.717) is 21.5 Å². The summed E-state index contributed by atoms with van der Waals surface area (Å²) in [6.45, 7) is 0. The Morgan fingerprint density at radius 1 is 0.490 bits per heavy atom. The van der Waals surface area contributed by atoms with E-state index in [9.17, 15) is 38.9 Å². The summed E-state index contributed by atoms with van der Waals surface area (Å²) in [5.41, 5.74) is 7.23. The van der Waals surface area contributed by atoms with Crippen LogP contribution in [0.1, 0.15) is 0 Å². The molecule has 0 aliphatic carbocycles. The molecule has 0 aliphatic heterocycles. The van der Waals surface area contributed by atoms with E-state index in [-0.39, 0.29) is 49.0 Å². The number of fused-ring (bicyclic) bond motifs is 3. The summed E-state index contributed by atoms with van der Waals surface area (Å²) in [6.07, 6.45) is 0. The number of nitrogens with two attached hydrogens (primary N) is 1. The molecule has 0 aliphatic rings. The Morgan fingerprint density at radius 2 is 0.980 bits per heavy atom. The van der Waals surface area contributed by atoms with E-state index in [0.717, 1.165) is 0 Å². The van der Waals surface area contributed by atoms with Gasteiger partial charge in [0.15, 0.2) is 0 Å². The van der Waals surface area contributed by atoms with Crippen molar-refractivity contribution in [2.75, 3.05) is 5.73 Å². The van der Waals surface area contributed by atoms with E-state index >= 15 is 0 Å². The quantitative estimate of drug-likeness (QED) is 0.0788. The largest absolute Gasteiger partial charge is 0.425 e. The molecule has 262 valence electrons. The number of benzene rings is 6. The number of azo groups is 2. The molecule has 0 radical (unpaired) electrons.